The van der Waals surface area contributed by atoms with Gasteiger partial charge >= 0.3 is 0 Å². The highest BCUT2D eigenvalue weighted by molar-refractivity contribution is 6.30. The summed E-state index contributed by atoms with van der Waals surface area (Å²) in [5.41, 5.74) is 8.14. The van der Waals surface area contributed by atoms with Gasteiger partial charge in [-0.05, 0) is 35.9 Å². The van der Waals surface area contributed by atoms with Gasteiger partial charge in [0.25, 0.3) is 5.91 Å². The van der Waals surface area contributed by atoms with Crippen molar-refractivity contribution in [1.82, 2.24) is 4.90 Å². The van der Waals surface area contributed by atoms with Gasteiger partial charge in [-0.3, -0.25) is 4.79 Å². The van der Waals surface area contributed by atoms with Crippen molar-refractivity contribution in [2.75, 3.05) is 5.73 Å². The molecule has 0 saturated heterocycles. The predicted octanol–water partition coefficient (Wildman–Crippen LogP) is 3.22. The van der Waals surface area contributed by atoms with Crippen LogP contribution >= 0.6 is 11.6 Å². The van der Waals surface area contributed by atoms with Gasteiger partial charge in [-0.2, -0.15) is 0 Å². The normalized spacial score (nSPS) is 13.7. The second kappa shape index (κ2) is 4.80. The number of benzene rings is 2. The van der Waals surface area contributed by atoms with Gasteiger partial charge in [-0.15, -0.1) is 0 Å². The minimum Gasteiger partial charge on any atom is -0.399 e. The summed E-state index contributed by atoms with van der Waals surface area (Å²) in [5, 5.41) is 0.454. The molecule has 0 bridgehead atoms. The molecule has 1 aliphatic heterocycles. The fourth-order valence-electron chi connectivity index (χ4n) is 2.38. The van der Waals surface area contributed by atoms with Crippen molar-refractivity contribution in [3.63, 3.8) is 0 Å². The van der Waals surface area contributed by atoms with Gasteiger partial charge in [0.15, 0.2) is 0 Å². The molecule has 0 saturated carbocycles. The lowest BCUT2D eigenvalue weighted by molar-refractivity contribution is 0.0765. The topological polar surface area (TPSA) is 46.3 Å². The van der Waals surface area contributed by atoms with E-state index in [1.807, 2.05) is 6.07 Å². The third-order valence-electron chi connectivity index (χ3n) is 3.38. The molecular formula is C15H12ClFN2O. The van der Waals surface area contributed by atoms with Crippen LogP contribution in [0.25, 0.3) is 0 Å². The molecule has 0 fully saturated rings. The SMILES string of the molecule is Nc1ccc2c(c1)C(=O)N(Cc1cc(Cl)ccc1F)C2. The van der Waals surface area contributed by atoms with Crippen LogP contribution in [0.1, 0.15) is 21.5 Å². The first-order valence-electron chi connectivity index (χ1n) is 6.16. The summed E-state index contributed by atoms with van der Waals surface area (Å²) in [6.45, 7) is 0.653. The van der Waals surface area contributed by atoms with Crippen LogP contribution in [-0.2, 0) is 13.1 Å². The Balaban J connectivity index is 1.88. The molecule has 3 nitrogen and oxygen atoms in total. The number of fused-ring (bicyclic) bond motifs is 1. The van der Waals surface area contributed by atoms with E-state index in [-0.39, 0.29) is 18.3 Å². The minimum absolute atomic E-state index is 0.133. The number of amides is 1. The first-order valence-corrected chi connectivity index (χ1v) is 6.54. The number of rotatable bonds is 2. The highest BCUT2D eigenvalue weighted by atomic mass is 35.5. The number of halogens is 2. The molecule has 2 aromatic carbocycles. The summed E-state index contributed by atoms with van der Waals surface area (Å²) in [6, 6.07) is 9.59. The van der Waals surface area contributed by atoms with Gasteiger partial charge in [0.2, 0.25) is 0 Å². The maximum atomic E-state index is 13.7. The molecule has 0 aliphatic carbocycles. The summed E-state index contributed by atoms with van der Waals surface area (Å²) < 4.78 is 13.7. The zero-order valence-electron chi connectivity index (χ0n) is 10.6. The van der Waals surface area contributed by atoms with Crippen molar-refractivity contribution in [2.45, 2.75) is 13.1 Å². The van der Waals surface area contributed by atoms with Gasteiger partial charge in [-0.25, -0.2) is 4.39 Å². The van der Waals surface area contributed by atoms with E-state index in [1.54, 1.807) is 23.1 Å². The van der Waals surface area contributed by atoms with Crippen LogP contribution in [0.4, 0.5) is 10.1 Å². The number of anilines is 1. The summed E-state index contributed by atoms with van der Waals surface area (Å²) in [6.07, 6.45) is 0. The number of hydrogen-bond acceptors (Lipinski definition) is 2. The van der Waals surface area contributed by atoms with E-state index in [4.69, 9.17) is 17.3 Å². The van der Waals surface area contributed by atoms with Crippen LogP contribution in [-0.4, -0.2) is 10.8 Å². The van der Waals surface area contributed by atoms with E-state index in [9.17, 15) is 9.18 Å². The Hall–Kier alpha value is -2.07. The van der Waals surface area contributed by atoms with Crippen LogP contribution in [0, 0.1) is 5.82 Å². The average molecular weight is 291 g/mol. The fourth-order valence-corrected chi connectivity index (χ4v) is 2.57. The highest BCUT2D eigenvalue weighted by Gasteiger charge is 2.27. The molecule has 0 aromatic heterocycles. The Labute approximate surface area is 120 Å². The zero-order valence-corrected chi connectivity index (χ0v) is 11.3. The molecule has 1 heterocycles. The van der Waals surface area contributed by atoms with Gasteiger partial charge in [0.05, 0.1) is 0 Å². The van der Waals surface area contributed by atoms with Gasteiger partial charge in [-0.1, -0.05) is 17.7 Å². The van der Waals surface area contributed by atoms with E-state index in [1.165, 1.54) is 12.1 Å². The van der Waals surface area contributed by atoms with Crippen molar-refractivity contribution in [2.24, 2.45) is 0 Å². The molecule has 2 aromatic rings. The molecule has 0 radical (unpaired) electrons. The Morgan fingerprint density at radius 3 is 2.85 bits per heavy atom. The van der Waals surface area contributed by atoms with Crippen LogP contribution in [0.5, 0.6) is 0 Å². The Morgan fingerprint density at radius 1 is 1.25 bits per heavy atom. The quantitative estimate of drug-likeness (QED) is 0.863. The van der Waals surface area contributed by atoms with Crippen LogP contribution in [0.15, 0.2) is 36.4 Å². The van der Waals surface area contributed by atoms with Crippen molar-refractivity contribution in [3.8, 4) is 0 Å². The van der Waals surface area contributed by atoms with E-state index < -0.39 is 0 Å². The molecule has 0 atom stereocenters. The minimum atomic E-state index is -0.363. The standard InChI is InChI=1S/C15H12ClFN2O/c16-11-2-4-14(17)10(5-11)8-19-7-9-1-3-12(18)6-13(9)15(19)20/h1-6H,7-8,18H2. The molecule has 0 spiro atoms. The summed E-state index contributed by atoms with van der Waals surface area (Å²) in [7, 11) is 0. The fraction of sp³-hybridized carbons (Fsp3) is 0.133. The Morgan fingerprint density at radius 2 is 2.05 bits per heavy atom. The molecule has 20 heavy (non-hydrogen) atoms. The number of nitrogen functional groups attached to an aromatic ring is 1. The van der Waals surface area contributed by atoms with Gasteiger partial charge in [0.1, 0.15) is 5.82 Å². The maximum Gasteiger partial charge on any atom is 0.254 e. The molecule has 5 heteroatoms. The molecule has 2 N–H and O–H groups in total. The lowest BCUT2D eigenvalue weighted by atomic mass is 10.1. The van der Waals surface area contributed by atoms with Crippen molar-refractivity contribution >= 4 is 23.2 Å². The lowest BCUT2D eigenvalue weighted by Gasteiger charge is -2.16. The van der Waals surface area contributed by atoms with Crippen molar-refractivity contribution in [3.05, 3.63) is 63.9 Å². The van der Waals surface area contributed by atoms with Crippen LogP contribution < -0.4 is 5.73 Å². The van der Waals surface area contributed by atoms with Crippen molar-refractivity contribution < 1.29 is 9.18 Å². The monoisotopic (exact) mass is 290 g/mol. The largest absolute Gasteiger partial charge is 0.399 e. The van der Waals surface area contributed by atoms with Crippen LogP contribution in [0.2, 0.25) is 5.02 Å². The van der Waals surface area contributed by atoms with Gasteiger partial charge in [0, 0.05) is 34.9 Å². The molecule has 0 unspecified atom stereocenters. The summed E-state index contributed by atoms with van der Waals surface area (Å²) in [4.78, 5) is 13.8. The lowest BCUT2D eigenvalue weighted by Crippen LogP contribution is -2.23. The number of carbonyl (C=O) groups is 1. The molecule has 102 valence electrons. The second-order valence-electron chi connectivity index (χ2n) is 4.81. The second-order valence-corrected chi connectivity index (χ2v) is 5.25. The number of carbonyl (C=O) groups excluding carboxylic acids is 1. The third-order valence-corrected chi connectivity index (χ3v) is 3.62. The highest BCUT2D eigenvalue weighted by Crippen LogP contribution is 2.27. The Kier molecular flexibility index (Phi) is 3.10. The van der Waals surface area contributed by atoms with Crippen LogP contribution in [0.3, 0.4) is 0 Å². The van der Waals surface area contributed by atoms with Gasteiger partial charge < -0.3 is 10.6 Å². The van der Waals surface area contributed by atoms with E-state index in [0.29, 0.717) is 28.4 Å². The van der Waals surface area contributed by atoms with E-state index in [2.05, 4.69) is 0 Å². The number of hydrogen-bond donors (Lipinski definition) is 1. The molecule has 3 rings (SSSR count). The zero-order chi connectivity index (χ0) is 14.3. The summed E-state index contributed by atoms with van der Waals surface area (Å²) in [5.74, 6) is -0.496. The van der Waals surface area contributed by atoms with E-state index in [0.717, 1.165) is 5.56 Å². The number of nitrogens with two attached hydrogens (primary N) is 1. The maximum absolute atomic E-state index is 13.7. The smallest absolute Gasteiger partial charge is 0.254 e. The first kappa shape index (κ1) is 12.9. The van der Waals surface area contributed by atoms with E-state index >= 15 is 0 Å². The summed E-state index contributed by atoms with van der Waals surface area (Å²) >= 11 is 5.86. The molecular weight excluding hydrogens is 279 g/mol. The first-order chi connectivity index (χ1) is 9.54. The average Bonchev–Trinajstić information content (AvgIpc) is 2.71. The third kappa shape index (κ3) is 2.23. The molecule has 1 aliphatic rings. The number of nitrogens with zero attached hydrogens (tertiary/aromatic N) is 1. The predicted molar refractivity (Wildman–Crippen MR) is 75.8 cm³/mol. The Bertz CT molecular complexity index is 702. The van der Waals surface area contributed by atoms with Crippen molar-refractivity contribution in [1.29, 1.82) is 0 Å². The molecule has 1 amide bonds.